The smallest absolute Gasteiger partial charge is 0.126 e. The van der Waals surface area contributed by atoms with Gasteiger partial charge in [0.05, 0.1) is 6.10 Å². The lowest BCUT2D eigenvalue weighted by Gasteiger charge is -2.28. The molecule has 0 spiro atoms. The number of hydrogen-bond acceptors (Lipinski definition) is 2. The van der Waals surface area contributed by atoms with Crippen molar-refractivity contribution in [3.8, 4) is 0 Å². The van der Waals surface area contributed by atoms with Crippen LogP contribution in [0, 0.1) is 5.82 Å². The van der Waals surface area contributed by atoms with Crippen molar-refractivity contribution in [2.24, 2.45) is 0 Å². The highest BCUT2D eigenvalue weighted by molar-refractivity contribution is 5.28. The lowest BCUT2D eigenvalue weighted by molar-refractivity contribution is 0.131. The number of aliphatic hydroxyl groups is 1. The fourth-order valence-corrected chi connectivity index (χ4v) is 3.05. The third-order valence-corrected chi connectivity index (χ3v) is 4.09. The Morgan fingerprint density at radius 1 is 1.25 bits per heavy atom. The van der Waals surface area contributed by atoms with E-state index in [0.29, 0.717) is 12.0 Å². The van der Waals surface area contributed by atoms with Crippen LogP contribution in [0.5, 0.6) is 0 Å². The van der Waals surface area contributed by atoms with E-state index in [-0.39, 0.29) is 11.7 Å². The van der Waals surface area contributed by atoms with Crippen LogP contribution in [0.25, 0.3) is 0 Å². The topological polar surface area (TPSA) is 33.1 Å². The van der Waals surface area contributed by atoms with Crippen molar-refractivity contribution >= 4 is 0 Å². The zero-order valence-electron chi connectivity index (χ0n) is 11.3. The van der Waals surface area contributed by atoms with Crippen LogP contribution in [0.2, 0.25) is 0 Å². The van der Waals surface area contributed by atoms with Gasteiger partial charge in [-0.15, -0.1) is 0 Å². The first-order valence-electron chi connectivity index (χ1n) is 7.11. The molecule has 1 aliphatic rings. The number of rotatable bonds is 3. The van der Waals surface area contributed by atoms with E-state index in [4.69, 9.17) is 0 Å². The number of fused-ring (bicyclic) bond motifs is 1. The van der Waals surface area contributed by atoms with Gasteiger partial charge in [0.25, 0.3) is 0 Å². The van der Waals surface area contributed by atoms with Crippen molar-refractivity contribution in [2.75, 3.05) is 0 Å². The van der Waals surface area contributed by atoms with E-state index in [0.717, 1.165) is 25.0 Å². The van der Waals surface area contributed by atoms with Crippen LogP contribution in [0.15, 0.2) is 42.6 Å². The van der Waals surface area contributed by atoms with Crippen LogP contribution in [0.4, 0.5) is 4.39 Å². The predicted octanol–water partition coefficient (Wildman–Crippen LogP) is 3.24. The molecule has 1 aromatic heterocycles. The van der Waals surface area contributed by atoms with Gasteiger partial charge in [0.1, 0.15) is 5.82 Å². The first kappa shape index (κ1) is 13.3. The van der Waals surface area contributed by atoms with Gasteiger partial charge >= 0.3 is 0 Å². The number of nitrogens with zero attached hydrogens (tertiary/aromatic N) is 1. The molecule has 0 fully saturated rings. The molecule has 1 aromatic carbocycles. The lowest BCUT2D eigenvalue weighted by atomic mass is 9.81. The van der Waals surface area contributed by atoms with Crippen LogP contribution in [0.3, 0.4) is 0 Å². The van der Waals surface area contributed by atoms with Crippen molar-refractivity contribution in [2.45, 2.75) is 37.7 Å². The van der Waals surface area contributed by atoms with Crippen molar-refractivity contribution in [1.29, 1.82) is 0 Å². The maximum absolute atomic E-state index is 13.7. The summed E-state index contributed by atoms with van der Waals surface area (Å²) in [6.07, 6.45) is 4.52. The molecule has 1 N–H and O–H groups in total. The van der Waals surface area contributed by atoms with E-state index in [1.165, 1.54) is 11.6 Å². The monoisotopic (exact) mass is 271 g/mol. The van der Waals surface area contributed by atoms with Crippen molar-refractivity contribution in [3.05, 3.63) is 65.2 Å². The third kappa shape index (κ3) is 2.59. The molecule has 0 saturated heterocycles. The first-order valence-corrected chi connectivity index (χ1v) is 7.11. The van der Waals surface area contributed by atoms with Gasteiger partial charge in [-0.1, -0.05) is 24.3 Å². The average molecular weight is 271 g/mol. The highest BCUT2D eigenvalue weighted by Crippen LogP contribution is 2.33. The number of pyridine rings is 1. The molecule has 20 heavy (non-hydrogen) atoms. The maximum Gasteiger partial charge on any atom is 0.126 e. The second kappa shape index (κ2) is 5.71. The molecule has 0 saturated carbocycles. The Bertz CT molecular complexity index is 599. The SMILES string of the molecule is OC(Cc1ccccc1F)C1CCCc2cccnc21. The normalized spacial score (nSPS) is 19.4. The summed E-state index contributed by atoms with van der Waals surface area (Å²) in [6, 6.07) is 10.7. The van der Waals surface area contributed by atoms with Gasteiger partial charge < -0.3 is 5.11 Å². The molecular weight excluding hydrogens is 253 g/mol. The highest BCUT2D eigenvalue weighted by atomic mass is 19.1. The Kier molecular flexibility index (Phi) is 3.79. The summed E-state index contributed by atoms with van der Waals surface area (Å²) in [7, 11) is 0. The maximum atomic E-state index is 13.7. The minimum atomic E-state index is -0.583. The molecule has 3 rings (SSSR count). The summed E-state index contributed by atoms with van der Waals surface area (Å²) >= 11 is 0. The Balaban J connectivity index is 1.82. The molecule has 104 valence electrons. The largest absolute Gasteiger partial charge is 0.392 e. The Hall–Kier alpha value is -1.74. The van der Waals surface area contributed by atoms with Crippen LogP contribution >= 0.6 is 0 Å². The Morgan fingerprint density at radius 3 is 2.95 bits per heavy atom. The number of halogens is 1. The predicted molar refractivity (Wildman–Crippen MR) is 76.0 cm³/mol. The molecule has 2 aromatic rings. The van der Waals surface area contributed by atoms with Gasteiger partial charge in [-0.05, 0) is 42.5 Å². The summed E-state index contributed by atoms with van der Waals surface area (Å²) < 4.78 is 13.7. The van der Waals surface area contributed by atoms with Crippen LogP contribution in [0.1, 0.15) is 35.6 Å². The summed E-state index contributed by atoms with van der Waals surface area (Å²) in [5.41, 5.74) is 2.78. The molecule has 3 heteroatoms. The van der Waals surface area contributed by atoms with Gasteiger partial charge in [0, 0.05) is 24.2 Å². The number of hydrogen-bond donors (Lipinski definition) is 1. The molecular formula is C17H18FNO. The van der Waals surface area contributed by atoms with Gasteiger partial charge in [0.2, 0.25) is 0 Å². The van der Waals surface area contributed by atoms with Crippen LogP contribution in [-0.2, 0) is 12.8 Å². The second-order valence-corrected chi connectivity index (χ2v) is 5.41. The van der Waals surface area contributed by atoms with Gasteiger partial charge in [0.15, 0.2) is 0 Å². The molecule has 0 aliphatic heterocycles. The van der Waals surface area contributed by atoms with Gasteiger partial charge in [-0.3, -0.25) is 4.98 Å². The van der Waals surface area contributed by atoms with E-state index in [1.54, 1.807) is 24.4 Å². The van der Waals surface area contributed by atoms with Crippen LogP contribution < -0.4 is 0 Å². The molecule has 0 radical (unpaired) electrons. The van der Waals surface area contributed by atoms with E-state index >= 15 is 0 Å². The fourth-order valence-electron chi connectivity index (χ4n) is 3.05. The van der Waals surface area contributed by atoms with Crippen molar-refractivity contribution in [3.63, 3.8) is 0 Å². The molecule has 0 amide bonds. The van der Waals surface area contributed by atoms with Crippen LogP contribution in [-0.4, -0.2) is 16.2 Å². The average Bonchev–Trinajstić information content (AvgIpc) is 2.49. The van der Waals surface area contributed by atoms with E-state index in [2.05, 4.69) is 11.1 Å². The summed E-state index contributed by atoms with van der Waals surface area (Å²) in [5, 5.41) is 10.5. The van der Waals surface area contributed by atoms with Crippen molar-refractivity contribution in [1.82, 2.24) is 4.98 Å². The zero-order valence-corrected chi connectivity index (χ0v) is 11.3. The summed E-state index contributed by atoms with van der Waals surface area (Å²) in [6.45, 7) is 0. The summed E-state index contributed by atoms with van der Waals surface area (Å²) in [5.74, 6) is -0.233. The zero-order chi connectivity index (χ0) is 13.9. The molecule has 1 aliphatic carbocycles. The number of aliphatic hydroxyl groups excluding tert-OH is 1. The number of aromatic nitrogens is 1. The van der Waals surface area contributed by atoms with E-state index < -0.39 is 6.10 Å². The fraction of sp³-hybridized carbons (Fsp3) is 0.353. The quantitative estimate of drug-likeness (QED) is 0.929. The molecule has 2 unspecified atom stereocenters. The van der Waals surface area contributed by atoms with E-state index in [9.17, 15) is 9.50 Å². The lowest BCUT2D eigenvalue weighted by Crippen LogP contribution is -2.26. The Morgan fingerprint density at radius 2 is 2.10 bits per heavy atom. The minimum absolute atomic E-state index is 0.0135. The first-order chi connectivity index (χ1) is 9.75. The van der Waals surface area contributed by atoms with Gasteiger partial charge in [-0.25, -0.2) is 4.39 Å². The highest BCUT2D eigenvalue weighted by Gasteiger charge is 2.28. The molecule has 2 nitrogen and oxygen atoms in total. The van der Waals surface area contributed by atoms with Gasteiger partial charge in [-0.2, -0.15) is 0 Å². The number of benzene rings is 1. The second-order valence-electron chi connectivity index (χ2n) is 5.41. The standard InChI is InChI=1S/C17H18FNO/c18-15-9-2-1-5-13(15)11-16(20)14-8-3-6-12-7-4-10-19-17(12)14/h1-2,4-5,7,9-10,14,16,20H,3,6,8,11H2. The Labute approximate surface area is 118 Å². The molecule has 0 bridgehead atoms. The molecule has 2 atom stereocenters. The third-order valence-electron chi connectivity index (χ3n) is 4.09. The van der Waals surface area contributed by atoms with E-state index in [1.807, 2.05) is 6.07 Å². The minimum Gasteiger partial charge on any atom is -0.392 e. The van der Waals surface area contributed by atoms with Crippen molar-refractivity contribution < 1.29 is 9.50 Å². The number of aryl methyl sites for hydroxylation is 1. The molecule has 1 heterocycles. The summed E-state index contributed by atoms with van der Waals surface area (Å²) in [4.78, 5) is 4.43.